The molecule has 0 bridgehead atoms. The van der Waals surface area contributed by atoms with E-state index < -0.39 is 6.04 Å². The molecule has 2 unspecified atom stereocenters. The molecule has 1 aromatic rings. The normalized spacial score (nSPS) is 21.4. The third kappa shape index (κ3) is 3.04. The zero-order valence-corrected chi connectivity index (χ0v) is 11.8. The average Bonchev–Trinajstić information content (AvgIpc) is 2.78. The van der Waals surface area contributed by atoms with Gasteiger partial charge in [-0.3, -0.25) is 14.4 Å². The molecular weight excluding hydrogens is 266 g/mol. The molecule has 2 amide bonds. The summed E-state index contributed by atoms with van der Waals surface area (Å²) in [6.07, 6.45) is 0.819. The number of aromatic nitrogens is 1. The number of nitrogens with zero attached hydrogens (tertiary/aromatic N) is 1. The van der Waals surface area contributed by atoms with Gasteiger partial charge < -0.3 is 15.2 Å². The van der Waals surface area contributed by atoms with Crippen LogP contribution in [0.1, 0.15) is 26.0 Å². The lowest BCUT2D eigenvalue weighted by atomic mass is 9.96. The second kappa shape index (κ2) is 5.56. The molecule has 7 heteroatoms. The molecule has 1 saturated heterocycles. The first kappa shape index (κ1) is 13.8. The number of H-pyrrole nitrogens is 1. The van der Waals surface area contributed by atoms with Gasteiger partial charge in [0.25, 0.3) is 0 Å². The predicted octanol–water partition coefficient (Wildman–Crippen LogP) is 0.309. The molecule has 0 radical (unpaired) electrons. The van der Waals surface area contributed by atoms with Crippen molar-refractivity contribution in [2.75, 3.05) is 6.54 Å². The van der Waals surface area contributed by atoms with E-state index in [1.54, 1.807) is 5.38 Å². The second-order valence-electron chi connectivity index (χ2n) is 4.80. The molecule has 2 rings (SSSR count). The van der Waals surface area contributed by atoms with Crippen molar-refractivity contribution in [3.05, 3.63) is 20.7 Å². The van der Waals surface area contributed by atoms with Gasteiger partial charge >= 0.3 is 4.87 Å². The summed E-state index contributed by atoms with van der Waals surface area (Å²) in [4.78, 5) is 39.1. The van der Waals surface area contributed by atoms with E-state index in [2.05, 4.69) is 10.3 Å². The summed E-state index contributed by atoms with van der Waals surface area (Å²) < 4.78 is 0. The molecule has 1 fully saturated rings. The van der Waals surface area contributed by atoms with E-state index in [0.29, 0.717) is 5.69 Å². The summed E-state index contributed by atoms with van der Waals surface area (Å²) >= 11 is 1.06. The number of rotatable bonds is 4. The Morgan fingerprint density at radius 1 is 1.47 bits per heavy atom. The Hall–Kier alpha value is -1.63. The van der Waals surface area contributed by atoms with Gasteiger partial charge in [0.1, 0.15) is 12.6 Å². The largest absolute Gasteiger partial charge is 0.342 e. The maximum Gasteiger partial charge on any atom is 0.304 e. The molecular formula is C12H17N3O3S. The fraction of sp³-hybridized carbons (Fsp3) is 0.583. The maximum absolute atomic E-state index is 12.3. The molecule has 0 aliphatic carbocycles. The smallest absolute Gasteiger partial charge is 0.304 e. The third-order valence-corrected chi connectivity index (χ3v) is 4.09. The van der Waals surface area contributed by atoms with Crippen LogP contribution in [-0.4, -0.2) is 34.3 Å². The zero-order valence-electron chi connectivity index (χ0n) is 10.9. The number of nitrogens with one attached hydrogen (secondary N) is 2. The van der Waals surface area contributed by atoms with Crippen LogP contribution in [0.3, 0.4) is 0 Å². The molecule has 2 heterocycles. The monoisotopic (exact) mass is 283 g/mol. The number of amides is 2. The number of carbonyl (C=O) groups is 2. The fourth-order valence-corrected chi connectivity index (χ4v) is 2.65. The van der Waals surface area contributed by atoms with Crippen LogP contribution >= 0.6 is 11.3 Å². The molecule has 6 nitrogen and oxygen atoms in total. The van der Waals surface area contributed by atoms with E-state index in [-0.39, 0.29) is 35.7 Å². The molecule has 0 saturated carbocycles. The van der Waals surface area contributed by atoms with Crippen LogP contribution in [0.2, 0.25) is 0 Å². The average molecular weight is 283 g/mol. The number of piperazine rings is 1. The lowest BCUT2D eigenvalue weighted by molar-refractivity contribution is -0.146. The summed E-state index contributed by atoms with van der Waals surface area (Å²) in [5.41, 5.74) is 0.668. The van der Waals surface area contributed by atoms with Gasteiger partial charge in [0, 0.05) is 11.1 Å². The first-order valence-corrected chi connectivity index (χ1v) is 7.14. The minimum absolute atomic E-state index is 0.0453. The summed E-state index contributed by atoms with van der Waals surface area (Å²) in [7, 11) is 0. The van der Waals surface area contributed by atoms with E-state index in [9.17, 15) is 14.4 Å². The van der Waals surface area contributed by atoms with E-state index in [1.807, 2.05) is 13.8 Å². The highest BCUT2D eigenvalue weighted by Gasteiger charge is 2.35. The Morgan fingerprint density at radius 3 is 2.79 bits per heavy atom. The first-order chi connectivity index (χ1) is 9.01. The SMILES string of the molecule is CCC(C)C1NC(=O)CN(Cc2csc(=O)[nH]2)C1=O. The standard InChI is InChI=1S/C12H17N3O3S/c1-3-7(2)10-11(17)15(5-9(16)14-10)4-8-6-19-12(18)13-8/h6-7,10H,3-5H2,1-2H3,(H,13,18)(H,14,16). The van der Waals surface area contributed by atoms with Crippen molar-refractivity contribution < 1.29 is 9.59 Å². The number of aromatic amines is 1. The zero-order chi connectivity index (χ0) is 14.0. The predicted molar refractivity (Wildman–Crippen MR) is 71.7 cm³/mol. The Balaban J connectivity index is 2.13. The quantitative estimate of drug-likeness (QED) is 0.834. The minimum Gasteiger partial charge on any atom is -0.342 e. The fourth-order valence-electron chi connectivity index (χ4n) is 2.08. The molecule has 2 atom stereocenters. The van der Waals surface area contributed by atoms with Gasteiger partial charge in [-0.25, -0.2) is 0 Å². The molecule has 1 aliphatic heterocycles. The highest BCUT2D eigenvalue weighted by atomic mass is 32.1. The van der Waals surface area contributed by atoms with E-state index in [4.69, 9.17) is 0 Å². The van der Waals surface area contributed by atoms with Crippen molar-refractivity contribution in [1.82, 2.24) is 15.2 Å². The molecule has 0 spiro atoms. The summed E-state index contributed by atoms with van der Waals surface area (Å²) in [5.74, 6) is -0.135. The Morgan fingerprint density at radius 2 is 2.21 bits per heavy atom. The third-order valence-electron chi connectivity index (χ3n) is 3.37. The van der Waals surface area contributed by atoms with E-state index in [1.165, 1.54) is 4.90 Å². The highest BCUT2D eigenvalue weighted by Crippen LogP contribution is 2.16. The highest BCUT2D eigenvalue weighted by molar-refractivity contribution is 7.07. The van der Waals surface area contributed by atoms with Crippen LogP contribution in [0.5, 0.6) is 0 Å². The van der Waals surface area contributed by atoms with Gasteiger partial charge in [-0.1, -0.05) is 31.6 Å². The van der Waals surface area contributed by atoms with Crippen LogP contribution in [0.15, 0.2) is 10.2 Å². The molecule has 2 N–H and O–H groups in total. The van der Waals surface area contributed by atoms with Gasteiger partial charge in [-0.05, 0) is 5.92 Å². The Bertz CT molecular complexity index is 536. The van der Waals surface area contributed by atoms with Gasteiger partial charge in [0.2, 0.25) is 11.8 Å². The lowest BCUT2D eigenvalue weighted by Gasteiger charge is -2.34. The van der Waals surface area contributed by atoms with Crippen LogP contribution in [0.25, 0.3) is 0 Å². The first-order valence-electron chi connectivity index (χ1n) is 6.26. The van der Waals surface area contributed by atoms with Gasteiger partial charge in [-0.15, -0.1) is 0 Å². The molecule has 104 valence electrons. The topological polar surface area (TPSA) is 82.3 Å². The van der Waals surface area contributed by atoms with Crippen molar-refractivity contribution in [3.8, 4) is 0 Å². The number of hydrogen-bond donors (Lipinski definition) is 2. The minimum atomic E-state index is -0.461. The second-order valence-corrected chi connectivity index (χ2v) is 5.64. The number of hydrogen-bond acceptors (Lipinski definition) is 4. The molecule has 0 aromatic carbocycles. The summed E-state index contributed by atoms with van der Waals surface area (Å²) in [5, 5.41) is 4.42. The molecule has 1 aromatic heterocycles. The molecule has 19 heavy (non-hydrogen) atoms. The summed E-state index contributed by atoms with van der Waals surface area (Å²) in [6.45, 7) is 4.25. The van der Waals surface area contributed by atoms with Crippen molar-refractivity contribution >= 4 is 23.2 Å². The number of thiazole rings is 1. The van der Waals surface area contributed by atoms with Gasteiger partial charge in [-0.2, -0.15) is 0 Å². The van der Waals surface area contributed by atoms with Crippen LogP contribution < -0.4 is 10.2 Å². The Kier molecular flexibility index (Phi) is 4.04. The maximum atomic E-state index is 12.3. The van der Waals surface area contributed by atoms with E-state index >= 15 is 0 Å². The Labute approximate surface area is 114 Å². The lowest BCUT2D eigenvalue weighted by Crippen LogP contribution is -2.59. The molecule has 1 aliphatic rings. The summed E-state index contributed by atoms with van der Waals surface area (Å²) in [6, 6.07) is -0.461. The van der Waals surface area contributed by atoms with Gasteiger partial charge in [0.15, 0.2) is 0 Å². The van der Waals surface area contributed by atoms with Crippen molar-refractivity contribution in [3.63, 3.8) is 0 Å². The number of carbonyl (C=O) groups excluding carboxylic acids is 2. The van der Waals surface area contributed by atoms with Crippen molar-refractivity contribution in [1.29, 1.82) is 0 Å². The van der Waals surface area contributed by atoms with Crippen LogP contribution in [-0.2, 0) is 16.1 Å². The van der Waals surface area contributed by atoms with Gasteiger partial charge in [0.05, 0.1) is 6.54 Å². The van der Waals surface area contributed by atoms with Crippen molar-refractivity contribution in [2.45, 2.75) is 32.9 Å². The van der Waals surface area contributed by atoms with Crippen LogP contribution in [0.4, 0.5) is 0 Å². The van der Waals surface area contributed by atoms with E-state index in [0.717, 1.165) is 17.8 Å². The van der Waals surface area contributed by atoms with Crippen LogP contribution in [0, 0.1) is 5.92 Å². The van der Waals surface area contributed by atoms with Crippen molar-refractivity contribution in [2.24, 2.45) is 5.92 Å².